The second-order valence-electron chi connectivity index (χ2n) is 4.40. The van der Waals surface area contributed by atoms with Crippen molar-refractivity contribution in [3.05, 3.63) is 10.6 Å². The summed E-state index contributed by atoms with van der Waals surface area (Å²) in [6.07, 6.45) is 2.41. The molecule has 0 spiro atoms. The van der Waals surface area contributed by atoms with Crippen molar-refractivity contribution in [3.8, 4) is 0 Å². The number of methoxy groups -OCH3 is 2. The maximum atomic E-state index is 11.7. The summed E-state index contributed by atoms with van der Waals surface area (Å²) < 4.78 is 9.01. The monoisotopic (exact) mass is 392 g/mol. The molecule has 0 aromatic heterocycles. The van der Waals surface area contributed by atoms with Crippen LogP contribution in [0.2, 0.25) is 0 Å². The fourth-order valence-corrected chi connectivity index (χ4v) is 1.75. The van der Waals surface area contributed by atoms with Gasteiger partial charge >= 0.3 is 11.9 Å². The molecule has 0 aromatic rings. The second kappa shape index (κ2) is 12.6. The van der Waals surface area contributed by atoms with E-state index in [0.717, 1.165) is 6.08 Å². The SMILES string of the molecule is COC(=O)CCCNC(=O)/C=C(\Br)C(=O)NCCCC(=O)OC. The van der Waals surface area contributed by atoms with Gasteiger partial charge in [-0.15, -0.1) is 0 Å². The predicted octanol–water partition coefficient (Wildman–Crippen LogP) is 0.404. The molecular formula is C14H21BrN2O6. The molecule has 2 amide bonds. The first-order valence-electron chi connectivity index (χ1n) is 6.97. The van der Waals surface area contributed by atoms with Crippen molar-refractivity contribution in [2.24, 2.45) is 0 Å². The molecule has 0 radical (unpaired) electrons. The van der Waals surface area contributed by atoms with Crippen LogP contribution in [0, 0.1) is 0 Å². The Kier molecular flexibility index (Phi) is 11.6. The number of nitrogens with one attached hydrogen (secondary N) is 2. The van der Waals surface area contributed by atoms with Crippen LogP contribution in [0.5, 0.6) is 0 Å². The Morgan fingerprint density at radius 3 is 1.87 bits per heavy atom. The van der Waals surface area contributed by atoms with Crippen molar-refractivity contribution in [1.29, 1.82) is 0 Å². The summed E-state index contributed by atoms with van der Waals surface area (Å²) in [7, 11) is 2.59. The minimum Gasteiger partial charge on any atom is -0.469 e. The summed E-state index contributed by atoms with van der Waals surface area (Å²) in [4.78, 5) is 45.0. The lowest BCUT2D eigenvalue weighted by molar-refractivity contribution is -0.141. The number of rotatable bonds is 10. The average molecular weight is 393 g/mol. The highest BCUT2D eigenvalue weighted by molar-refractivity contribution is 9.12. The van der Waals surface area contributed by atoms with Crippen LogP contribution in [-0.2, 0) is 28.7 Å². The van der Waals surface area contributed by atoms with Crippen LogP contribution in [0.3, 0.4) is 0 Å². The normalized spacial score (nSPS) is 10.7. The molecule has 0 bridgehead atoms. The molecule has 0 saturated carbocycles. The van der Waals surface area contributed by atoms with Gasteiger partial charge in [0.2, 0.25) is 5.91 Å². The first kappa shape index (κ1) is 21.1. The second-order valence-corrected chi connectivity index (χ2v) is 5.25. The highest BCUT2D eigenvalue weighted by atomic mass is 79.9. The highest BCUT2D eigenvalue weighted by Gasteiger charge is 2.09. The molecule has 0 heterocycles. The Bertz CT molecular complexity index is 464. The Labute approximate surface area is 143 Å². The molecule has 0 unspecified atom stereocenters. The lowest BCUT2D eigenvalue weighted by Crippen LogP contribution is -2.27. The van der Waals surface area contributed by atoms with Crippen LogP contribution < -0.4 is 10.6 Å². The molecule has 0 aliphatic rings. The molecule has 2 N–H and O–H groups in total. The van der Waals surface area contributed by atoms with E-state index in [2.05, 4.69) is 36.0 Å². The van der Waals surface area contributed by atoms with Crippen LogP contribution in [0.1, 0.15) is 25.7 Å². The van der Waals surface area contributed by atoms with Gasteiger partial charge in [-0.3, -0.25) is 19.2 Å². The van der Waals surface area contributed by atoms with Gasteiger partial charge in [-0.25, -0.2) is 0 Å². The van der Waals surface area contributed by atoms with Gasteiger partial charge in [0.25, 0.3) is 5.91 Å². The Hall–Kier alpha value is -1.90. The third kappa shape index (κ3) is 11.3. The number of amides is 2. The third-order valence-electron chi connectivity index (χ3n) is 2.63. The summed E-state index contributed by atoms with van der Waals surface area (Å²) in [5.74, 6) is -1.60. The predicted molar refractivity (Wildman–Crippen MR) is 85.5 cm³/mol. The minimum absolute atomic E-state index is 0.0704. The topological polar surface area (TPSA) is 111 Å². The van der Waals surface area contributed by atoms with Gasteiger partial charge in [0.05, 0.1) is 18.7 Å². The number of ether oxygens (including phenoxy) is 2. The van der Waals surface area contributed by atoms with E-state index in [1.165, 1.54) is 14.2 Å². The largest absolute Gasteiger partial charge is 0.469 e. The highest BCUT2D eigenvalue weighted by Crippen LogP contribution is 2.04. The quantitative estimate of drug-likeness (QED) is 0.316. The van der Waals surface area contributed by atoms with E-state index in [4.69, 9.17) is 0 Å². The lowest BCUT2D eigenvalue weighted by Gasteiger charge is -2.05. The average Bonchev–Trinajstić information content (AvgIpc) is 2.54. The Morgan fingerprint density at radius 1 is 0.913 bits per heavy atom. The third-order valence-corrected chi connectivity index (χ3v) is 3.22. The first-order chi connectivity index (χ1) is 10.9. The van der Waals surface area contributed by atoms with E-state index in [1.807, 2.05) is 0 Å². The molecule has 130 valence electrons. The number of esters is 2. The lowest BCUT2D eigenvalue weighted by atomic mass is 10.3. The molecule has 0 rings (SSSR count). The van der Waals surface area contributed by atoms with E-state index in [-0.39, 0.29) is 35.8 Å². The molecule has 0 atom stereocenters. The van der Waals surface area contributed by atoms with Gasteiger partial charge in [-0.2, -0.15) is 0 Å². The van der Waals surface area contributed by atoms with E-state index in [1.54, 1.807) is 0 Å². The minimum atomic E-state index is -0.459. The smallest absolute Gasteiger partial charge is 0.305 e. The van der Waals surface area contributed by atoms with Crippen LogP contribution in [0.25, 0.3) is 0 Å². The summed E-state index contributed by atoms with van der Waals surface area (Å²) >= 11 is 3.00. The number of halogens is 1. The molecule has 0 aliphatic carbocycles. The van der Waals surface area contributed by atoms with Gasteiger partial charge in [0.15, 0.2) is 0 Å². The van der Waals surface area contributed by atoms with Crippen molar-refractivity contribution < 1.29 is 28.7 Å². The molecular weight excluding hydrogens is 372 g/mol. The molecule has 0 aromatic carbocycles. The van der Waals surface area contributed by atoms with E-state index in [0.29, 0.717) is 19.4 Å². The summed E-state index contributed by atoms with van der Waals surface area (Å²) in [6.45, 7) is 0.586. The first-order valence-corrected chi connectivity index (χ1v) is 7.76. The van der Waals surface area contributed by atoms with Crippen LogP contribution in [0.15, 0.2) is 10.6 Å². The molecule has 0 fully saturated rings. The van der Waals surface area contributed by atoms with Gasteiger partial charge < -0.3 is 20.1 Å². The zero-order valence-electron chi connectivity index (χ0n) is 13.1. The number of hydrogen-bond acceptors (Lipinski definition) is 6. The summed E-state index contributed by atoms with van der Waals surface area (Å²) in [5.41, 5.74) is 0. The van der Waals surface area contributed by atoms with Gasteiger partial charge in [0, 0.05) is 32.0 Å². The van der Waals surface area contributed by atoms with Crippen molar-refractivity contribution in [3.63, 3.8) is 0 Å². The van der Waals surface area contributed by atoms with E-state index in [9.17, 15) is 19.2 Å². The van der Waals surface area contributed by atoms with Crippen molar-refractivity contribution in [2.45, 2.75) is 25.7 Å². The van der Waals surface area contributed by atoms with E-state index >= 15 is 0 Å². The summed E-state index contributed by atoms with van der Waals surface area (Å²) in [6, 6.07) is 0. The van der Waals surface area contributed by atoms with Gasteiger partial charge in [-0.1, -0.05) is 0 Å². The number of hydrogen-bond donors (Lipinski definition) is 2. The molecule has 9 heteroatoms. The standard InChI is InChI=1S/C14H21BrN2O6/c1-22-12(19)5-3-7-16-11(18)9-10(15)14(21)17-8-4-6-13(20)23-2/h9H,3-8H2,1-2H3,(H,16,18)(H,17,21)/b10-9-. The maximum absolute atomic E-state index is 11.7. The molecule has 8 nitrogen and oxygen atoms in total. The zero-order valence-corrected chi connectivity index (χ0v) is 14.7. The molecule has 0 aliphatic heterocycles. The van der Waals surface area contributed by atoms with Gasteiger partial charge in [0.1, 0.15) is 0 Å². The van der Waals surface area contributed by atoms with Gasteiger partial charge in [-0.05, 0) is 28.8 Å². The fourth-order valence-electron chi connectivity index (χ4n) is 1.40. The Balaban J connectivity index is 3.97. The van der Waals surface area contributed by atoms with E-state index < -0.39 is 11.8 Å². The van der Waals surface area contributed by atoms with Crippen LogP contribution in [-0.4, -0.2) is 51.1 Å². The Morgan fingerprint density at radius 2 is 1.39 bits per heavy atom. The van der Waals surface area contributed by atoms with Crippen LogP contribution >= 0.6 is 15.9 Å². The van der Waals surface area contributed by atoms with Crippen LogP contribution in [0.4, 0.5) is 0 Å². The molecule has 23 heavy (non-hydrogen) atoms. The number of carbonyl (C=O) groups excluding carboxylic acids is 4. The van der Waals surface area contributed by atoms with Crippen molar-refractivity contribution >= 4 is 39.7 Å². The summed E-state index contributed by atoms with van der Waals surface area (Å²) in [5, 5.41) is 5.10. The zero-order chi connectivity index (χ0) is 17.7. The number of carbonyl (C=O) groups is 4. The maximum Gasteiger partial charge on any atom is 0.305 e. The van der Waals surface area contributed by atoms with Crippen molar-refractivity contribution in [1.82, 2.24) is 10.6 Å². The fraction of sp³-hybridized carbons (Fsp3) is 0.571. The molecule has 0 saturated heterocycles. The van der Waals surface area contributed by atoms with Crippen molar-refractivity contribution in [2.75, 3.05) is 27.3 Å².